The number of nitrogens with zero attached hydrogens (tertiary/aromatic N) is 1. The van der Waals surface area contributed by atoms with Crippen LogP contribution >= 0.6 is 0 Å². The third-order valence-corrected chi connectivity index (χ3v) is 3.83. The Balaban J connectivity index is 1.80. The van der Waals surface area contributed by atoms with E-state index in [1.807, 2.05) is 17.9 Å². The molecule has 3 heteroatoms. The van der Waals surface area contributed by atoms with Crippen molar-refractivity contribution in [2.45, 2.75) is 26.7 Å². The average molecular weight is 254 g/mol. The molecule has 0 aliphatic carbocycles. The zero-order valence-electron chi connectivity index (χ0n) is 11.4. The van der Waals surface area contributed by atoms with Crippen LogP contribution in [0.4, 0.5) is 0 Å². The molecule has 0 unspecified atom stereocenters. The Hall–Kier alpha value is -2.03. The van der Waals surface area contributed by atoms with E-state index >= 15 is 0 Å². The molecule has 0 spiro atoms. The number of nitrogens with one attached hydrogen (secondary N) is 1. The van der Waals surface area contributed by atoms with Gasteiger partial charge in [0.1, 0.15) is 0 Å². The fraction of sp³-hybridized carbons (Fsp3) is 0.312. The van der Waals surface area contributed by atoms with Gasteiger partial charge in [0.2, 0.25) is 5.91 Å². The highest BCUT2D eigenvalue weighted by atomic mass is 16.2. The predicted octanol–water partition coefficient (Wildman–Crippen LogP) is 3.15. The maximum atomic E-state index is 11.7. The summed E-state index contributed by atoms with van der Waals surface area (Å²) < 4.78 is 0. The van der Waals surface area contributed by atoms with Crippen LogP contribution in [0.15, 0.2) is 36.2 Å². The van der Waals surface area contributed by atoms with Gasteiger partial charge in [-0.25, -0.2) is 0 Å². The van der Waals surface area contributed by atoms with Gasteiger partial charge in [-0.1, -0.05) is 17.7 Å². The molecule has 2 heterocycles. The minimum absolute atomic E-state index is 0.216. The van der Waals surface area contributed by atoms with E-state index in [4.69, 9.17) is 0 Å². The van der Waals surface area contributed by atoms with E-state index in [9.17, 15) is 4.79 Å². The van der Waals surface area contributed by atoms with E-state index in [1.54, 1.807) is 0 Å². The summed E-state index contributed by atoms with van der Waals surface area (Å²) in [6.45, 7) is 4.87. The molecule has 1 aliphatic heterocycles. The van der Waals surface area contributed by atoms with Crippen LogP contribution in [0.2, 0.25) is 0 Å². The highest BCUT2D eigenvalue weighted by Crippen LogP contribution is 2.22. The second kappa shape index (κ2) is 4.57. The minimum Gasteiger partial charge on any atom is -0.361 e. The number of hydrogen-bond donors (Lipinski definition) is 1. The number of aromatic nitrogens is 1. The molecule has 19 heavy (non-hydrogen) atoms. The second-order valence-corrected chi connectivity index (χ2v) is 5.21. The first-order valence-electron chi connectivity index (χ1n) is 6.69. The lowest BCUT2D eigenvalue weighted by Crippen LogP contribution is -2.26. The van der Waals surface area contributed by atoms with Crippen LogP contribution in [0.25, 0.3) is 10.9 Å². The van der Waals surface area contributed by atoms with Gasteiger partial charge in [-0.15, -0.1) is 0 Å². The zero-order chi connectivity index (χ0) is 13.4. The van der Waals surface area contributed by atoms with Crippen LogP contribution in [-0.4, -0.2) is 22.3 Å². The summed E-state index contributed by atoms with van der Waals surface area (Å²) in [4.78, 5) is 16.9. The van der Waals surface area contributed by atoms with Gasteiger partial charge in [-0.05, 0) is 38.0 Å². The topological polar surface area (TPSA) is 36.1 Å². The minimum atomic E-state index is 0.216. The quantitative estimate of drug-likeness (QED) is 0.897. The lowest BCUT2D eigenvalue weighted by Gasteiger charge is -2.17. The number of benzene rings is 1. The first-order chi connectivity index (χ1) is 9.15. The molecule has 3 nitrogen and oxygen atoms in total. The standard InChI is InChI=1S/C16H18N2O/c1-11-3-5-15-14(9-11)13(10-17-15)7-8-18-12(2)4-6-16(18)19/h3-5,9-10,17H,6-8H2,1-2H3. The Morgan fingerprint density at radius 2 is 2.16 bits per heavy atom. The number of fused-ring (bicyclic) bond motifs is 1. The van der Waals surface area contributed by atoms with Crippen molar-refractivity contribution in [3.8, 4) is 0 Å². The Kier molecular flexibility index (Phi) is 2.90. The molecule has 0 atom stereocenters. The van der Waals surface area contributed by atoms with Crippen molar-refractivity contribution in [2.75, 3.05) is 6.54 Å². The summed E-state index contributed by atoms with van der Waals surface area (Å²) in [5, 5.41) is 1.27. The Bertz CT molecular complexity index is 666. The van der Waals surface area contributed by atoms with E-state index in [-0.39, 0.29) is 5.91 Å². The summed E-state index contributed by atoms with van der Waals surface area (Å²) in [7, 11) is 0. The maximum absolute atomic E-state index is 11.7. The number of aryl methyl sites for hydroxylation is 1. The van der Waals surface area contributed by atoms with Crippen LogP contribution in [0.1, 0.15) is 24.5 Å². The van der Waals surface area contributed by atoms with Crippen LogP contribution < -0.4 is 0 Å². The number of carbonyl (C=O) groups excluding carboxylic acids is 1. The predicted molar refractivity (Wildman–Crippen MR) is 76.8 cm³/mol. The summed E-state index contributed by atoms with van der Waals surface area (Å²) in [6.07, 6.45) is 5.50. The highest BCUT2D eigenvalue weighted by molar-refractivity contribution is 5.84. The van der Waals surface area contributed by atoms with Crippen molar-refractivity contribution in [1.82, 2.24) is 9.88 Å². The molecule has 98 valence electrons. The lowest BCUT2D eigenvalue weighted by molar-refractivity contribution is -0.127. The molecule has 1 aromatic carbocycles. The van der Waals surface area contributed by atoms with Gasteiger partial charge in [0.25, 0.3) is 0 Å². The molecule has 0 saturated heterocycles. The molecule has 0 saturated carbocycles. The molecule has 0 radical (unpaired) electrons. The second-order valence-electron chi connectivity index (χ2n) is 5.21. The third kappa shape index (κ3) is 2.16. The van der Waals surface area contributed by atoms with Crippen molar-refractivity contribution >= 4 is 16.8 Å². The van der Waals surface area contributed by atoms with Crippen LogP contribution in [0.5, 0.6) is 0 Å². The first kappa shape index (κ1) is 12.0. The van der Waals surface area contributed by atoms with Crippen LogP contribution in [0, 0.1) is 6.92 Å². The van der Waals surface area contributed by atoms with Crippen molar-refractivity contribution in [3.63, 3.8) is 0 Å². The summed E-state index contributed by atoms with van der Waals surface area (Å²) in [6, 6.07) is 6.43. The third-order valence-electron chi connectivity index (χ3n) is 3.83. The SMILES string of the molecule is CC1=CCC(=O)N1CCc1c[nH]c2ccc(C)cc12. The fourth-order valence-corrected chi connectivity index (χ4v) is 2.68. The molecule has 2 aromatic rings. The number of rotatable bonds is 3. The van der Waals surface area contributed by atoms with E-state index in [0.717, 1.165) is 18.7 Å². The van der Waals surface area contributed by atoms with E-state index in [0.29, 0.717) is 6.42 Å². The lowest BCUT2D eigenvalue weighted by atomic mass is 10.1. The van der Waals surface area contributed by atoms with Gasteiger partial charge < -0.3 is 9.88 Å². The normalized spacial score (nSPS) is 15.4. The molecular weight excluding hydrogens is 236 g/mol. The van der Waals surface area contributed by atoms with E-state index in [2.05, 4.69) is 36.3 Å². The molecule has 1 aromatic heterocycles. The van der Waals surface area contributed by atoms with Gasteiger partial charge in [-0.3, -0.25) is 4.79 Å². The van der Waals surface area contributed by atoms with Crippen molar-refractivity contribution in [3.05, 3.63) is 47.3 Å². The largest absolute Gasteiger partial charge is 0.361 e. The monoisotopic (exact) mass is 254 g/mol. The number of amides is 1. The van der Waals surface area contributed by atoms with E-state index in [1.165, 1.54) is 22.0 Å². The zero-order valence-corrected chi connectivity index (χ0v) is 11.4. The highest BCUT2D eigenvalue weighted by Gasteiger charge is 2.20. The molecule has 3 rings (SSSR count). The van der Waals surface area contributed by atoms with Gasteiger partial charge in [0.05, 0.1) is 0 Å². The summed E-state index contributed by atoms with van der Waals surface area (Å²) >= 11 is 0. The molecule has 1 aliphatic rings. The molecule has 1 amide bonds. The Labute approximate surface area is 112 Å². The van der Waals surface area contributed by atoms with Gasteiger partial charge in [0.15, 0.2) is 0 Å². The molecular formula is C16H18N2O. The molecule has 0 fully saturated rings. The number of hydrogen-bond acceptors (Lipinski definition) is 1. The van der Waals surface area contributed by atoms with Crippen LogP contribution in [-0.2, 0) is 11.2 Å². The average Bonchev–Trinajstić information content (AvgIpc) is 2.92. The molecule has 1 N–H and O–H groups in total. The summed E-state index contributed by atoms with van der Waals surface area (Å²) in [5.74, 6) is 0.216. The first-order valence-corrected chi connectivity index (χ1v) is 6.69. The maximum Gasteiger partial charge on any atom is 0.230 e. The van der Waals surface area contributed by atoms with Gasteiger partial charge in [0, 0.05) is 35.8 Å². The Morgan fingerprint density at radius 1 is 1.32 bits per heavy atom. The van der Waals surface area contributed by atoms with Crippen molar-refractivity contribution < 1.29 is 4.79 Å². The fourth-order valence-electron chi connectivity index (χ4n) is 2.68. The van der Waals surface area contributed by atoms with Crippen molar-refractivity contribution in [2.24, 2.45) is 0 Å². The van der Waals surface area contributed by atoms with Crippen LogP contribution in [0.3, 0.4) is 0 Å². The van der Waals surface area contributed by atoms with Gasteiger partial charge in [-0.2, -0.15) is 0 Å². The Morgan fingerprint density at radius 3 is 2.89 bits per heavy atom. The van der Waals surface area contributed by atoms with Crippen molar-refractivity contribution in [1.29, 1.82) is 0 Å². The smallest absolute Gasteiger partial charge is 0.230 e. The number of carbonyl (C=O) groups is 1. The number of aromatic amines is 1. The summed E-state index contributed by atoms with van der Waals surface area (Å²) in [5.41, 5.74) is 4.80. The number of H-pyrrole nitrogens is 1. The number of allylic oxidation sites excluding steroid dienone is 1. The molecule has 0 bridgehead atoms. The van der Waals surface area contributed by atoms with Gasteiger partial charge >= 0.3 is 0 Å². The van der Waals surface area contributed by atoms with E-state index < -0.39 is 0 Å².